The molecule has 0 atom stereocenters. The second-order valence-corrected chi connectivity index (χ2v) is 9.18. The van der Waals surface area contributed by atoms with Crippen LogP contribution in [0.4, 0.5) is 5.69 Å². The minimum absolute atomic E-state index is 0.190. The monoisotopic (exact) mass is 440 g/mol. The lowest BCUT2D eigenvalue weighted by Gasteiger charge is -2.08. The van der Waals surface area contributed by atoms with Gasteiger partial charge in [-0.2, -0.15) is 0 Å². The number of carbonyl (C=O) groups is 1. The second-order valence-electron chi connectivity index (χ2n) is 5.96. The van der Waals surface area contributed by atoms with E-state index in [-0.39, 0.29) is 5.91 Å². The molecule has 1 amide bonds. The molecule has 0 spiro atoms. The van der Waals surface area contributed by atoms with Crippen LogP contribution in [-0.2, 0) is 6.61 Å². The van der Waals surface area contributed by atoms with E-state index in [2.05, 4.69) is 20.5 Å². The van der Waals surface area contributed by atoms with E-state index < -0.39 is 0 Å². The molecule has 2 aromatic heterocycles. The van der Waals surface area contributed by atoms with Gasteiger partial charge in [0.1, 0.15) is 17.9 Å². The van der Waals surface area contributed by atoms with Gasteiger partial charge in [0.25, 0.3) is 5.91 Å². The Kier molecular flexibility index (Phi) is 6.18. The third kappa shape index (κ3) is 5.41. The van der Waals surface area contributed by atoms with E-state index in [1.807, 2.05) is 42.6 Å². The molecule has 0 saturated carbocycles. The topological polar surface area (TPSA) is 77.0 Å². The predicted octanol–water partition coefficient (Wildman–Crippen LogP) is 5.29. The van der Waals surface area contributed by atoms with Crippen LogP contribution < -0.4 is 10.1 Å². The Morgan fingerprint density at radius 2 is 2.03 bits per heavy atom. The number of aryl methyl sites for hydroxylation is 1. The number of hydrogen-bond donors (Lipinski definition) is 1. The number of benzene rings is 2. The molecular weight excluding hydrogens is 424 g/mol. The van der Waals surface area contributed by atoms with Crippen molar-refractivity contribution in [1.82, 2.24) is 15.2 Å². The summed E-state index contributed by atoms with van der Waals surface area (Å²) >= 11 is 4.62. The number of amides is 1. The van der Waals surface area contributed by atoms with Crippen LogP contribution in [0.15, 0.2) is 68.7 Å². The lowest BCUT2D eigenvalue weighted by molar-refractivity contribution is 0.102. The van der Waals surface area contributed by atoms with Crippen molar-refractivity contribution in [3.8, 4) is 5.75 Å². The number of carbonyl (C=O) groups excluding carboxylic acids is 1. The Balaban J connectivity index is 1.36. The van der Waals surface area contributed by atoms with Crippen molar-refractivity contribution in [2.75, 3.05) is 5.32 Å². The van der Waals surface area contributed by atoms with Crippen molar-refractivity contribution >= 4 is 46.0 Å². The van der Waals surface area contributed by atoms with E-state index in [9.17, 15) is 4.79 Å². The molecule has 29 heavy (non-hydrogen) atoms. The lowest BCUT2D eigenvalue weighted by atomic mass is 10.2. The van der Waals surface area contributed by atoms with Crippen LogP contribution in [-0.4, -0.2) is 21.1 Å². The summed E-state index contributed by atoms with van der Waals surface area (Å²) in [5.41, 5.74) is 3.84. The van der Waals surface area contributed by atoms with Crippen molar-refractivity contribution in [2.45, 2.75) is 22.8 Å². The summed E-state index contributed by atoms with van der Waals surface area (Å²) in [6.45, 7) is 2.34. The molecule has 2 heterocycles. The van der Waals surface area contributed by atoms with E-state index in [0.29, 0.717) is 17.9 Å². The fraction of sp³-hybridized carbons (Fsp3) is 0.100. The number of thiazole rings is 1. The fourth-order valence-electron chi connectivity index (χ4n) is 2.48. The number of hydrogen-bond acceptors (Lipinski definition) is 8. The molecule has 0 fully saturated rings. The number of anilines is 1. The van der Waals surface area contributed by atoms with Crippen molar-refractivity contribution in [2.24, 2.45) is 0 Å². The molecular formula is C20H16N4O2S3. The summed E-state index contributed by atoms with van der Waals surface area (Å²) in [5.74, 6) is 0.441. The molecule has 6 nitrogen and oxygen atoms in total. The summed E-state index contributed by atoms with van der Waals surface area (Å²) in [7, 11) is 0. The molecule has 146 valence electrons. The van der Waals surface area contributed by atoms with Gasteiger partial charge in [-0.1, -0.05) is 29.2 Å². The zero-order chi connectivity index (χ0) is 20.1. The van der Waals surface area contributed by atoms with Crippen LogP contribution >= 0.6 is 34.4 Å². The maximum atomic E-state index is 12.6. The van der Waals surface area contributed by atoms with Gasteiger partial charge in [0.2, 0.25) is 0 Å². The third-order valence-corrected chi connectivity index (χ3v) is 6.42. The standard InChI is InChI=1S/C20H16N4O2S3/c1-13-22-16(11-27-13)10-26-17-4-2-3-14(9-17)19(25)23-15-5-7-18(8-6-15)29-20-24-21-12-28-20/h2-9,11-12H,10H2,1H3,(H,23,25). The maximum absolute atomic E-state index is 12.6. The highest BCUT2D eigenvalue weighted by atomic mass is 32.2. The minimum Gasteiger partial charge on any atom is -0.487 e. The van der Waals surface area contributed by atoms with Gasteiger partial charge in [0.15, 0.2) is 4.34 Å². The zero-order valence-electron chi connectivity index (χ0n) is 15.4. The smallest absolute Gasteiger partial charge is 0.255 e. The molecule has 0 bridgehead atoms. The van der Waals surface area contributed by atoms with Crippen molar-refractivity contribution in [3.63, 3.8) is 0 Å². The summed E-state index contributed by atoms with van der Waals surface area (Å²) in [5, 5.41) is 13.7. The first-order valence-corrected chi connectivity index (χ1v) is 11.2. The highest BCUT2D eigenvalue weighted by molar-refractivity contribution is 8.01. The Labute approximate surface area is 180 Å². The van der Waals surface area contributed by atoms with Crippen LogP contribution in [0.5, 0.6) is 5.75 Å². The zero-order valence-corrected chi connectivity index (χ0v) is 17.8. The van der Waals surface area contributed by atoms with E-state index in [1.54, 1.807) is 35.0 Å². The summed E-state index contributed by atoms with van der Waals surface area (Å²) in [6, 6.07) is 14.7. The lowest BCUT2D eigenvalue weighted by Crippen LogP contribution is -2.11. The van der Waals surface area contributed by atoms with Gasteiger partial charge in [0.05, 0.1) is 10.7 Å². The van der Waals surface area contributed by atoms with E-state index in [0.717, 1.165) is 25.6 Å². The molecule has 2 aromatic carbocycles. The Morgan fingerprint density at radius 1 is 1.17 bits per heavy atom. The highest BCUT2D eigenvalue weighted by Crippen LogP contribution is 2.29. The molecule has 0 saturated heterocycles. The summed E-state index contributed by atoms with van der Waals surface area (Å²) < 4.78 is 6.64. The largest absolute Gasteiger partial charge is 0.487 e. The fourth-order valence-corrected chi connectivity index (χ4v) is 4.52. The van der Waals surface area contributed by atoms with Gasteiger partial charge >= 0.3 is 0 Å². The normalized spacial score (nSPS) is 10.7. The molecule has 0 radical (unpaired) electrons. The molecule has 0 aliphatic rings. The molecule has 0 aliphatic carbocycles. The molecule has 1 N–H and O–H groups in total. The Bertz CT molecular complexity index is 1100. The van der Waals surface area contributed by atoms with E-state index in [4.69, 9.17) is 4.74 Å². The summed E-state index contributed by atoms with van der Waals surface area (Å²) in [4.78, 5) is 18.0. The van der Waals surface area contributed by atoms with Gasteiger partial charge in [-0.3, -0.25) is 4.79 Å². The molecule has 0 aliphatic heterocycles. The number of ether oxygens (including phenoxy) is 1. The number of rotatable bonds is 7. The van der Waals surface area contributed by atoms with Crippen molar-refractivity contribution < 1.29 is 9.53 Å². The first kappa shape index (κ1) is 19.6. The predicted molar refractivity (Wildman–Crippen MR) is 116 cm³/mol. The number of nitrogens with one attached hydrogen (secondary N) is 1. The molecule has 4 rings (SSSR count). The second kappa shape index (κ2) is 9.17. The highest BCUT2D eigenvalue weighted by Gasteiger charge is 2.09. The first-order chi connectivity index (χ1) is 14.2. The van der Waals surface area contributed by atoms with Gasteiger partial charge in [-0.05, 0) is 49.4 Å². The van der Waals surface area contributed by atoms with Gasteiger partial charge in [0, 0.05) is 21.5 Å². The Morgan fingerprint density at radius 3 is 2.76 bits per heavy atom. The minimum atomic E-state index is -0.190. The van der Waals surface area contributed by atoms with Crippen LogP contribution in [0.1, 0.15) is 21.1 Å². The van der Waals surface area contributed by atoms with Gasteiger partial charge < -0.3 is 10.1 Å². The van der Waals surface area contributed by atoms with Gasteiger partial charge in [-0.15, -0.1) is 21.5 Å². The van der Waals surface area contributed by atoms with Crippen molar-refractivity contribution in [1.29, 1.82) is 0 Å². The van der Waals surface area contributed by atoms with Crippen LogP contribution in [0.3, 0.4) is 0 Å². The average molecular weight is 441 g/mol. The molecule has 0 unspecified atom stereocenters. The van der Waals surface area contributed by atoms with Gasteiger partial charge in [-0.25, -0.2) is 4.98 Å². The quantitative estimate of drug-likeness (QED) is 0.421. The SMILES string of the molecule is Cc1nc(COc2cccc(C(=O)Nc3ccc(Sc4nncs4)cc3)c2)cs1. The number of aromatic nitrogens is 3. The van der Waals surface area contributed by atoms with E-state index >= 15 is 0 Å². The number of nitrogens with zero attached hydrogens (tertiary/aromatic N) is 3. The summed E-state index contributed by atoms with van der Waals surface area (Å²) in [6.07, 6.45) is 0. The van der Waals surface area contributed by atoms with Crippen LogP contribution in [0.25, 0.3) is 0 Å². The molecule has 9 heteroatoms. The maximum Gasteiger partial charge on any atom is 0.255 e. The van der Waals surface area contributed by atoms with Crippen LogP contribution in [0.2, 0.25) is 0 Å². The third-order valence-electron chi connectivity index (χ3n) is 3.81. The molecule has 4 aromatic rings. The average Bonchev–Trinajstić information content (AvgIpc) is 3.40. The van der Waals surface area contributed by atoms with E-state index in [1.165, 1.54) is 23.1 Å². The first-order valence-electron chi connectivity index (χ1n) is 8.65. The Hall–Kier alpha value is -2.75. The van der Waals surface area contributed by atoms with Crippen molar-refractivity contribution in [3.05, 3.63) is 75.7 Å². The van der Waals surface area contributed by atoms with Crippen LogP contribution in [0, 0.1) is 6.92 Å².